The molecule has 1 rings (SSSR count). The minimum atomic E-state index is -0.192. The minimum Gasteiger partial charge on any atom is -0.459 e. The van der Waals surface area contributed by atoms with Gasteiger partial charge in [-0.1, -0.05) is 94.0 Å². The normalized spacial score (nSPS) is 12.1. The van der Waals surface area contributed by atoms with E-state index < -0.39 is 0 Å². The van der Waals surface area contributed by atoms with Crippen molar-refractivity contribution >= 4 is 21.9 Å². The van der Waals surface area contributed by atoms with Gasteiger partial charge in [0.1, 0.15) is 6.10 Å². The fraction of sp³-hybridized carbons (Fsp3) is 0.696. The van der Waals surface area contributed by atoms with Gasteiger partial charge in [0.05, 0.1) is 5.56 Å². The number of rotatable bonds is 15. The number of ether oxygens (including phenoxy) is 1. The highest BCUT2D eigenvalue weighted by atomic mass is 79.9. The first kappa shape index (κ1) is 23.2. The molecule has 0 amide bonds. The van der Waals surface area contributed by atoms with E-state index >= 15 is 0 Å². The van der Waals surface area contributed by atoms with E-state index in [-0.39, 0.29) is 12.1 Å². The van der Waals surface area contributed by atoms with Crippen molar-refractivity contribution in [3.63, 3.8) is 0 Å². The Morgan fingerprint density at radius 1 is 0.808 bits per heavy atom. The van der Waals surface area contributed by atoms with Gasteiger partial charge < -0.3 is 4.74 Å². The van der Waals surface area contributed by atoms with Gasteiger partial charge in [-0.25, -0.2) is 4.79 Å². The molecule has 1 aromatic rings. The highest BCUT2D eigenvalue weighted by molar-refractivity contribution is 9.10. The molecule has 0 spiro atoms. The molecule has 0 aliphatic carbocycles. The van der Waals surface area contributed by atoms with Crippen LogP contribution in [-0.2, 0) is 4.74 Å². The maximum atomic E-state index is 12.3. The Hall–Kier alpha value is -0.830. The molecule has 0 N–H and O–H groups in total. The van der Waals surface area contributed by atoms with Crippen LogP contribution in [0.1, 0.15) is 108 Å². The maximum Gasteiger partial charge on any atom is 0.338 e. The summed E-state index contributed by atoms with van der Waals surface area (Å²) >= 11 is 3.39. The zero-order valence-corrected chi connectivity index (χ0v) is 18.4. The Bertz CT molecular complexity index is 470. The number of unbranched alkanes of at least 4 members (excludes halogenated alkanes) is 9. The largest absolute Gasteiger partial charge is 0.459 e. The molecule has 0 fully saturated rings. The van der Waals surface area contributed by atoms with Crippen molar-refractivity contribution in [1.82, 2.24) is 0 Å². The number of hydrogen-bond acceptors (Lipinski definition) is 2. The number of esters is 1. The lowest BCUT2D eigenvalue weighted by atomic mass is 10.0. The number of halogens is 1. The lowest BCUT2D eigenvalue weighted by Gasteiger charge is -2.17. The molecule has 0 radical (unpaired) electrons. The van der Waals surface area contributed by atoms with Crippen LogP contribution in [0.25, 0.3) is 0 Å². The standard InChI is InChI=1S/C23H37BrO2/c1-3-5-6-7-8-9-10-11-12-13-15-22(14-4-2)26-23(25)20-16-18-21(24)19-17-20/h16-19,22H,3-15H2,1-2H3. The predicted octanol–water partition coefficient (Wildman–Crippen LogP) is 8.09. The molecular weight excluding hydrogens is 388 g/mol. The Morgan fingerprint density at radius 3 is 1.88 bits per heavy atom. The lowest BCUT2D eigenvalue weighted by molar-refractivity contribution is 0.0253. The number of benzene rings is 1. The summed E-state index contributed by atoms with van der Waals surface area (Å²) in [4.78, 5) is 12.3. The van der Waals surface area contributed by atoms with Gasteiger partial charge >= 0.3 is 5.97 Å². The summed E-state index contributed by atoms with van der Waals surface area (Å²) in [5, 5.41) is 0. The van der Waals surface area contributed by atoms with Gasteiger partial charge in [-0.2, -0.15) is 0 Å². The molecule has 2 nitrogen and oxygen atoms in total. The third-order valence-electron chi connectivity index (χ3n) is 4.84. The number of carbonyl (C=O) groups excluding carboxylic acids is 1. The van der Waals surface area contributed by atoms with Crippen LogP contribution < -0.4 is 0 Å². The van der Waals surface area contributed by atoms with Gasteiger partial charge in [-0.3, -0.25) is 0 Å². The van der Waals surface area contributed by atoms with Crippen LogP contribution in [0.3, 0.4) is 0 Å². The van der Waals surface area contributed by atoms with Crippen LogP contribution in [0.5, 0.6) is 0 Å². The molecule has 0 saturated carbocycles. The molecule has 3 heteroatoms. The quantitative estimate of drug-likeness (QED) is 0.210. The van der Waals surface area contributed by atoms with Gasteiger partial charge in [0.2, 0.25) is 0 Å². The van der Waals surface area contributed by atoms with Gasteiger partial charge in [0, 0.05) is 4.47 Å². The molecule has 26 heavy (non-hydrogen) atoms. The molecule has 0 aromatic heterocycles. The molecular formula is C23H37BrO2. The highest BCUT2D eigenvalue weighted by Gasteiger charge is 2.15. The van der Waals surface area contributed by atoms with E-state index in [2.05, 4.69) is 29.8 Å². The first-order chi connectivity index (χ1) is 12.7. The van der Waals surface area contributed by atoms with Crippen LogP contribution >= 0.6 is 15.9 Å². The summed E-state index contributed by atoms with van der Waals surface area (Å²) in [6.07, 6.45) is 16.4. The van der Waals surface area contributed by atoms with Crippen LogP contribution in [0, 0.1) is 0 Å². The van der Waals surface area contributed by atoms with Crippen molar-refractivity contribution in [1.29, 1.82) is 0 Å². The SMILES string of the molecule is CCCCCCCCCCCCC(CCC)OC(=O)c1ccc(Br)cc1. The molecule has 1 atom stereocenters. The van der Waals surface area contributed by atoms with Crippen molar-refractivity contribution in [2.24, 2.45) is 0 Å². The van der Waals surface area contributed by atoms with E-state index in [1.54, 1.807) is 0 Å². The zero-order valence-electron chi connectivity index (χ0n) is 16.8. The first-order valence-corrected chi connectivity index (χ1v) is 11.4. The molecule has 1 aromatic carbocycles. The van der Waals surface area contributed by atoms with E-state index in [0.29, 0.717) is 5.56 Å². The van der Waals surface area contributed by atoms with Gasteiger partial charge in [-0.15, -0.1) is 0 Å². The second kappa shape index (κ2) is 15.2. The third-order valence-corrected chi connectivity index (χ3v) is 5.37. The Morgan fingerprint density at radius 2 is 1.35 bits per heavy atom. The molecule has 0 aliphatic heterocycles. The molecule has 0 aliphatic rings. The fourth-order valence-electron chi connectivity index (χ4n) is 3.25. The van der Waals surface area contributed by atoms with Gasteiger partial charge in [0.25, 0.3) is 0 Å². The topological polar surface area (TPSA) is 26.3 Å². The summed E-state index contributed by atoms with van der Waals surface area (Å²) in [5.74, 6) is -0.192. The summed E-state index contributed by atoms with van der Waals surface area (Å²) < 4.78 is 6.72. The van der Waals surface area contributed by atoms with Crippen molar-refractivity contribution < 1.29 is 9.53 Å². The van der Waals surface area contributed by atoms with Crippen LogP contribution in [-0.4, -0.2) is 12.1 Å². The Labute approximate surface area is 169 Å². The molecule has 1 unspecified atom stereocenters. The molecule has 0 bridgehead atoms. The smallest absolute Gasteiger partial charge is 0.338 e. The maximum absolute atomic E-state index is 12.3. The van der Waals surface area contributed by atoms with Gasteiger partial charge in [0.15, 0.2) is 0 Å². The minimum absolute atomic E-state index is 0.0604. The van der Waals surface area contributed by atoms with Crippen molar-refractivity contribution in [3.05, 3.63) is 34.3 Å². The highest BCUT2D eigenvalue weighted by Crippen LogP contribution is 2.18. The second-order valence-corrected chi connectivity index (χ2v) is 8.21. The Kier molecular flexibility index (Phi) is 13.6. The van der Waals surface area contributed by atoms with E-state index in [1.807, 2.05) is 24.3 Å². The molecule has 148 valence electrons. The summed E-state index contributed by atoms with van der Waals surface area (Å²) in [6.45, 7) is 4.42. The monoisotopic (exact) mass is 424 g/mol. The Balaban J connectivity index is 2.16. The van der Waals surface area contributed by atoms with E-state index in [4.69, 9.17) is 4.74 Å². The summed E-state index contributed by atoms with van der Waals surface area (Å²) in [5.41, 5.74) is 0.636. The second-order valence-electron chi connectivity index (χ2n) is 7.29. The van der Waals surface area contributed by atoms with Gasteiger partial charge in [-0.05, 0) is 43.5 Å². The average molecular weight is 425 g/mol. The van der Waals surface area contributed by atoms with Crippen LogP contribution in [0.15, 0.2) is 28.7 Å². The van der Waals surface area contributed by atoms with Crippen molar-refractivity contribution in [3.8, 4) is 0 Å². The van der Waals surface area contributed by atoms with E-state index in [9.17, 15) is 4.79 Å². The van der Waals surface area contributed by atoms with Crippen LogP contribution in [0.2, 0.25) is 0 Å². The van der Waals surface area contributed by atoms with E-state index in [0.717, 1.165) is 30.2 Å². The summed E-state index contributed by atoms with van der Waals surface area (Å²) in [7, 11) is 0. The predicted molar refractivity (Wildman–Crippen MR) is 115 cm³/mol. The van der Waals surface area contributed by atoms with E-state index in [1.165, 1.54) is 57.8 Å². The third kappa shape index (κ3) is 11.0. The fourth-order valence-corrected chi connectivity index (χ4v) is 3.51. The van der Waals surface area contributed by atoms with Crippen molar-refractivity contribution in [2.75, 3.05) is 0 Å². The average Bonchev–Trinajstić information content (AvgIpc) is 2.63. The summed E-state index contributed by atoms with van der Waals surface area (Å²) in [6, 6.07) is 7.40. The number of carbonyl (C=O) groups is 1. The first-order valence-electron chi connectivity index (χ1n) is 10.6. The molecule has 0 heterocycles. The van der Waals surface area contributed by atoms with Crippen LogP contribution in [0.4, 0.5) is 0 Å². The molecule has 0 saturated heterocycles. The zero-order chi connectivity index (χ0) is 19.0. The lowest BCUT2D eigenvalue weighted by Crippen LogP contribution is -2.18. The number of hydrogen-bond donors (Lipinski definition) is 0. The van der Waals surface area contributed by atoms with Crippen molar-refractivity contribution in [2.45, 2.75) is 103 Å².